The summed E-state index contributed by atoms with van der Waals surface area (Å²) in [6.45, 7) is 2.07. The third-order valence-corrected chi connectivity index (χ3v) is 5.89. The molecular weight excluding hydrogens is 447 g/mol. The zero-order valence-corrected chi connectivity index (χ0v) is 18.0. The molecule has 1 aromatic heterocycles. The maximum absolute atomic E-state index is 13.1. The van der Waals surface area contributed by atoms with Crippen LogP contribution in [-0.2, 0) is 11.3 Å². The molecule has 1 saturated heterocycles. The van der Waals surface area contributed by atoms with Gasteiger partial charge in [-0.2, -0.15) is 0 Å². The molecule has 30 heavy (non-hydrogen) atoms. The first-order chi connectivity index (χ1) is 14.6. The number of carbonyl (C=O) groups excluding carboxylic acids is 1. The second-order valence-electron chi connectivity index (χ2n) is 7.39. The number of anilines is 1. The summed E-state index contributed by atoms with van der Waals surface area (Å²) in [6, 6.07) is 18.0. The fourth-order valence-electron chi connectivity index (χ4n) is 3.58. The normalized spacial score (nSPS) is 14.5. The molecule has 4 rings (SSSR count). The van der Waals surface area contributed by atoms with E-state index in [0.29, 0.717) is 12.2 Å². The van der Waals surface area contributed by atoms with Crippen LogP contribution in [0, 0.1) is 11.7 Å². The number of halogens is 2. The number of hydrogen-bond acceptors (Lipinski definition) is 4. The van der Waals surface area contributed by atoms with Gasteiger partial charge in [0.15, 0.2) is 5.82 Å². The molecule has 1 aliphatic heterocycles. The van der Waals surface area contributed by atoms with Crippen molar-refractivity contribution >= 4 is 27.7 Å². The van der Waals surface area contributed by atoms with E-state index in [1.807, 2.05) is 36.4 Å². The van der Waals surface area contributed by atoms with Crippen LogP contribution in [0.2, 0.25) is 0 Å². The molecule has 2 heterocycles. The molecule has 2 aromatic carbocycles. The monoisotopic (exact) mass is 468 g/mol. The second kappa shape index (κ2) is 9.34. The number of nitrogens with zero attached hydrogens (tertiary/aromatic N) is 3. The van der Waals surface area contributed by atoms with Gasteiger partial charge < -0.3 is 10.2 Å². The lowest BCUT2D eigenvalue weighted by Crippen LogP contribution is -2.40. The van der Waals surface area contributed by atoms with Crippen LogP contribution in [0.15, 0.2) is 65.1 Å². The number of hydrogen-bond donors (Lipinski definition) is 1. The fourth-order valence-corrected chi connectivity index (χ4v) is 3.84. The molecule has 3 aromatic rings. The molecule has 1 fully saturated rings. The summed E-state index contributed by atoms with van der Waals surface area (Å²) >= 11 is 3.42. The van der Waals surface area contributed by atoms with Crippen molar-refractivity contribution in [2.45, 2.75) is 19.4 Å². The zero-order valence-electron chi connectivity index (χ0n) is 16.4. The minimum Gasteiger partial charge on any atom is -0.355 e. The largest absolute Gasteiger partial charge is 0.355 e. The highest BCUT2D eigenvalue weighted by Gasteiger charge is 2.25. The van der Waals surface area contributed by atoms with E-state index in [1.54, 1.807) is 12.1 Å². The van der Waals surface area contributed by atoms with Crippen LogP contribution in [0.4, 0.5) is 10.2 Å². The fraction of sp³-hybridized carbons (Fsp3) is 0.261. The van der Waals surface area contributed by atoms with Gasteiger partial charge in [0.05, 0.1) is 5.69 Å². The van der Waals surface area contributed by atoms with E-state index < -0.39 is 0 Å². The highest BCUT2D eigenvalue weighted by atomic mass is 79.9. The van der Waals surface area contributed by atoms with E-state index in [-0.39, 0.29) is 17.6 Å². The molecule has 0 atom stereocenters. The van der Waals surface area contributed by atoms with Crippen molar-refractivity contribution in [1.82, 2.24) is 15.5 Å². The average Bonchev–Trinajstić information content (AvgIpc) is 2.79. The summed E-state index contributed by atoms with van der Waals surface area (Å²) < 4.78 is 14.1. The Kier molecular flexibility index (Phi) is 6.38. The summed E-state index contributed by atoms with van der Waals surface area (Å²) in [5.41, 5.74) is 2.62. The van der Waals surface area contributed by atoms with Crippen LogP contribution in [0.3, 0.4) is 0 Å². The van der Waals surface area contributed by atoms with Crippen LogP contribution < -0.4 is 10.2 Å². The smallest absolute Gasteiger partial charge is 0.223 e. The van der Waals surface area contributed by atoms with Gasteiger partial charge in [-0.15, -0.1) is 10.2 Å². The number of piperidine rings is 1. The third-order valence-electron chi connectivity index (χ3n) is 5.36. The minimum absolute atomic E-state index is 0.0168. The van der Waals surface area contributed by atoms with Crippen molar-refractivity contribution < 1.29 is 9.18 Å². The average molecular weight is 469 g/mol. The lowest BCUT2D eigenvalue weighted by Gasteiger charge is -2.31. The number of nitrogens with one attached hydrogen (secondary N) is 1. The number of amides is 1. The molecule has 0 bridgehead atoms. The molecule has 1 N–H and O–H groups in total. The van der Waals surface area contributed by atoms with Gasteiger partial charge >= 0.3 is 0 Å². The lowest BCUT2D eigenvalue weighted by molar-refractivity contribution is -0.125. The highest BCUT2D eigenvalue weighted by Crippen LogP contribution is 2.24. The lowest BCUT2D eigenvalue weighted by atomic mass is 9.96. The van der Waals surface area contributed by atoms with Gasteiger partial charge in [-0.1, -0.05) is 28.1 Å². The second-order valence-corrected chi connectivity index (χ2v) is 8.30. The van der Waals surface area contributed by atoms with E-state index in [0.717, 1.165) is 47.3 Å². The summed E-state index contributed by atoms with van der Waals surface area (Å²) in [6.07, 6.45) is 1.57. The SMILES string of the molecule is O=C(NCc1ccc(Br)cc1)C1CCN(c2ccc(-c3ccc(F)cc3)nn2)CC1. The van der Waals surface area contributed by atoms with Gasteiger partial charge in [0.2, 0.25) is 5.91 Å². The van der Waals surface area contributed by atoms with Crippen molar-refractivity contribution in [3.63, 3.8) is 0 Å². The van der Waals surface area contributed by atoms with Gasteiger partial charge in [0.1, 0.15) is 5.82 Å². The Morgan fingerprint density at radius 2 is 1.70 bits per heavy atom. The van der Waals surface area contributed by atoms with Crippen molar-refractivity contribution in [2.75, 3.05) is 18.0 Å². The Labute approximate surface area is 183 Å². The summed E-state index contributed by atoms with van der Waals surface area (Å²) in [5, 5.41) is 11.7. The first-order valence-electron chi connectivity index (χ1n) is 9.95. The van der Waals surface area contributed by atoms with E-state index in [4.69, 9.17) is 0 Å². The van der Waals surface area contributed by atoms with E-state index in [1.165, 1.54) is 12.1 Å². The topological polar surface area (TPSA) is 58.1 Å². The van der Waals surface area contributed by atoms with E-state index in [9.17, 15) is 9.18 Å². The Bertz CT molecular complexity index is 985. The number of rotatable bonds is 5. The number of benzene rings is 2. The van der Waals surface area contributed by atoms with Crippen LogP contribution in [0.1, 0.15) is 18.4 Å². The molecule has 0 radical (unpaired) electrons. The minimum atomic E-state index is -0.271. The predicted octanol–water partition coefficient (Wildman–Crippen LogP) is 4.58. The van der Waals surface area contributed by atoms with Crippen LogP contribution in [-0.4, -0.2) is 29.2 Å². The Morgan fingerprint density at radius 1 is 1.00 bits per heavy atom. The maximum Gasteiger partial charge on any atom is 0.223 e. The summed E-state index contributed by atoms with van der Waals surface area (Å²) in [4.78, 5) is 14.7. The number of aromatic nitrogens is 2. The van der Waals surface area contributed by atoms with Crippen molar-refractivity contribution in [2.24, 2.45) is 5.92 Å². The Balaban J connectivity index is 1.29. The van der Waals surface area contributed by atoms with Gasteiger partial charge in [0.25, 0.3) is 0 Å². The number of carbonyl (C=O) groups is 1. The molecular formula is C23H22BrFN4O. The van der Waals surface area contributed by atoms with Gasteiger partial charge in [0, 0.05) is 35.6 Å². The Hall–Kier alpha value is -2.80. The Morgan fingerprint density at radius 3 is 2.33 bits per heavy atom. The van der Waals surface area contributed by atoms with Gasteiger partial charge in [-0.3, -0.25) is 4.79 Å². The van der Waals surface area contributed by atoms with E-state index >= 15 is 0 Å². The maximum atomic E-state index is 13.1. The molecule has 5 nitrogen and oxygen atoms in total. The molecule has 7 heteroatoms. The molecule has 0 spiro atoms. The summed E-state index contributed by atoms with van der Waals surface area (Å²) in [7, 11) is 0. The molecule has 154 valence electrons. The first kappa shape index (κ1) is 20.5. The van der Waals surface area contributed by atoms with Crippen LogP contribution in [0.25, 0.3) is 11.3 Å². The highest BCUT2D eigenvalue weighted by molar-refractivity contribution is 9.10. The first-order valence-corrected chi connectivity index (χ1v) is 10.7. The van der Waals surface area contributed by atoms with E-state index in [2.05, 4.69) is 36.3 Å². The molecule has 1 amide bonds. The standard InChI is InChI=1S/C23H22BrFN4O/c24-19-5-1-16(2-6-19)15-26-23(30)18-11-13-29(14-12-18)22-10-9-21(27-28-22)17-3-7-20(25)8-4-17/h1-10,18H,11-15H2,(H,26,30). The molecule has 1 aliphatic rings. The quantitative estimate of drug-likeness (QED) is 0.595. The zero-order chi connectivity index (χ0) is 20.9. The third kappa shape index (κ3) is 5.02. The molecule has 0 aliphatic carbocycles. The molecule has 0 unspecified atom stereocenters. The van der Waals surface area contributed by atoms with Crippen LogP contribution in [0.5, 0.6) is 0 Å². The van der Waals surface area contributed by atoms with Crippen molar-refractivity contribution in [3.05, 3.63) is 76.5 Å². The van der Waals surface area contributed by atoms with Gasteiger partial charge in [-0.25, -0.2) is 4.39 Å². The van der Waals surface area contributed by atoms with Gasteiger partial charge in [-0.05, 0) is 66.9 Å². The van der Waals surface area contributed by atoms with Crippen LogP contribution >= 0.6 is 15.9 Å². The van der Waals surface area contributed by atoms with Crippen molar-refractivity contribution in [3.8, 4) is 11.3 Å². The predicted molar refractivity (Wildman–Crippen MR) is 118 cm³/mol. The van der Waals surface area contributed by atoms with Crippen molar-refractivity contribution in [1.29, 1.82) is 0 Å². The molecule has 0 saturated carbocycles. The summed E-state index contributed by atoms with van der Waals surface area (Å²) in [5.74, 6) is 0.653.